The Morgan fingerprint density at radius 2 is 1.96 bits per heavy atom. The summed E-state index contributed by atoms with van der Waals surface area (Å²) < 4.78 is 11.1. The van der Waals surface area contributed by atoms with Gasteiger partial charge in [0, 0.05) is 19.7 Å². The number of methoxy groups -OCH3 is 1. The van der Waals surface area contributed by atoms with Gasteiger partial charge in [-0.05, 0) is 42.9 Å². The van der Waals surface area contributed by atoms with Crippen molar-refractivity contribution in [3.8, 4) is 5.75 Å². The van der Waals surface area contributed by atoms with Crippen molar-refractivity contribution in [3.63, 3.8) is 0 Å². The first kappa shape index (κ1) is 19.6. The highest BCUT2D eigenvalue weighted by Gasteiger charge is 2.28. The molecule has 25 heavy (non-hydrogen) atoms. The number of hydrogen-bond donors (Lipinski definition) is 1. The topological polar surface area (TPSA) is 50.8 Å². The van der Waals surface area contributed by atoms with Gasteiger partial charge in [-0.2, -0.15) is 0 Å². The molecule has 2 rings (SSSR count). The van der Waals surface area contributed by atoms with E-state index in [9.17, 15) is 4.79 Å². The van der Waals surface area contributed by atoms with Gasteiger partial charge in [-0.1, -0.05) is 32.9 Å². The van der Waals surface area contributed by atoms with Gasteiger partial charge in [0.05, 0.1) is 12.6 Å². The molecule has 1 saturated heterocycles. The van der Waals surface area contributed by atoms with Crippen LogP contribution in [0.4, 0.5) is 4.79 Å². The Balaban J connectivity index is 1.71. The van der Waals surface area contributed by atoms with E-state index >= 15 is 0 Å². The Morgan fingerprint density at radius 3 is 2.52 bits per heavy atom. The van der Waals surface area contributed by atoms with Crippen LogP contribution in [0.5, 0.6) is 5.75 Å². The number of nitrogens with one attached hydrogen (secondary N) is 1. The van der Waals surface area contributed by atoms with Gasteiger partial charge in [0.25, 0.3) is 0 Å². The summed E-state index contributed by atoms with van der Waals surface area (Å²) in [5.41, 5.74) is 1.42. The largest absolute Gasteiger partial charge is 0.492 e. The van der Waals surface area contributed by atoms with E-state index in [1.165, 1.54) is 5.56 Å². The molecule has 0 saturated carbocycles. The number of carbonyl (C=O) groups excluding carboxylic acids is 1. The predicted molar refractivity (Wildman–Crippen MR) is 100 cm³/mol. The molecule has 5 nitrogen and oxygen atoms in total. The van der Waals surface area contributed by atoms with E-state index in [0.717, 1.165) is 25.1 Å². The molecule has 1 N–H and O–H groups in total. The third-order valence-corrected chi connectivity index (χ3v) is 4.79. The summed E-state index contributed by atoms with van der Waals surface area (Å²) >= 11 is 0. The smallest absolute Gasteiger partial charge is 0.317 e. The van der Waals surface area contributed by atoms with Crippen molar-refractivity contribution in [2.24, 2.45) is 0 Å². The molecule has 2 unspecified atom stereocenters. The van der Waals surface area contributed by atoms with Gasteiger partial charge in [0.1, 0.15) is 12.4 Å². The van der Waals surface area contributed by atoms with Gasteiger partial charge >= 0.3 is 6.03 Å². The third kappa shape index (κ3) is 5.63. The van der Waals surface area contributed by atoms with Crippen LogP contribution >= 0.6 is 0 Å². The lowest BCUT2D eigenvalue weighted by Gasteiger charge is -2.37. The number of nitrogens with zero attached hydrogens (tertiary/aromatic N) is 1. The minimum Gasteiger partial charge on any atom is -0.492 e. The number of ether oxygens (including phenoxy) is 2. The predicted octanol–water partition coefficient (Wildman–Crippen LogP) is 3.57. The third-order valence-electron chi connectivity index (χ3n) is 4.79. The monoisotopic (exact) mass is 348 g/mol. The fraction of sp³-hybridized carbons (Fsp3) is 0.650. The number of likely N-dealkylation sites (tertiary alicyclic amines) is 1. The molecule has 1 heterocycles. The molecule has 1 aromatic carbocycles. The molecule has 1 aromatic rings. The van der Waals surface area contributed by atoms with Gasteiger partial charge in [0.15, 0.2) is 0 Å². The summed E-state index contributed by atoms with van der Waals surface area (Å²) in [4.78, 5) is 14.2. The van der Waals surface area contributed by atoms with Crippen molar-refractivity contribution < 1.29 is 14.3 Å². The second-order valence-electron chi connectivity index (χ2n) is 7.78. The zero-order valence-corrected chi connectivity index (χ0v) is 16.2. The second kappa shape index (κ2) is 8.56. The Hall–Kier alpha value is -1.75. The minimum atomic E-state index is -0.0197. The van der Waals surface area contributed by atoms with E-state index < -0.39 is 0 Å². The first-order chi connectivity index (χ1) is 11.8. The SMILES string of the molecule is COC1CCN(C(=O)NCCOc2ccc(C(C)(C)C)cc2)C(C)C1. The molecule has 1 fully saturated rings. The zero-order valence-electron chi connectivity index (χ0n) is 16.2. The second-order valence-corrected chi connectivity index (χ2v) is 7.78. The van der Waals surface area contributed by atoms with E-state index in [1.807, 2.05) is 17.0 Å². The van der Waals surface area contributed by atoms with Crippen LogP contribution in [-0.2, 0) is 10.2 Å². The van der Waals surface area contributed by atoms with Crippen molar-refractivity contribution in [3.05, 3.63) is 29.8 Å². The standard InChI is InChI=1S/C20H32N2O3/c1-15-14-18(24-5)10-12-22(15)19(23)21-11-13-25-17-8-6-16(7-9-17)20(2,3)4/h6-9,15,18H,10-14H2,1-5H3,(H,21,23). The van der Waals surface area contributed by atoms with E-state index in [2.05, 4.69) is 45.1 Å². The lowest BCUT2D eigenvalue weighted by atomic mass is 9.87. The lowest BCUT2D eigenvalue weighted by Crippen LogP contribution is -2.51. The highest BCUT2D eigenvalue weighted by atomic mass is 16.5. The van der Waals surface area contributed by atoms with Crippen LogP contribution in [0.25, 0.3) is 0 Å². The molecule has 0 aromatic heterocycles. The van der Waals surface area contributed by atoms with Crippen molar-refractivity contribution >= 4 is 6.03 Å². The van der Waals surface area contributed by atoms with Crippen LogP contribution in [0.2, 0.25) is 0 Å². The fourth-order valence-corrected chi connectivity index (χ4v) is 3.12. The number of amides is 2. The zero-order chi connectivity index (χ0) is 18.4. The van der Waals surface area contributed by atoms with Gasteiger partial charge in [-0.25, -0.2) is 4.79 Å². The van der Waals surface area contributed by atoms with Gasteiger partial charge in [0.2, 0.25) is 0 Å². The normalized spacial score (nSPS) is 21.1. The molecular weight excluding hydrogens is 316 g/mol. The average Bonchev–Trinajstić information content (AvgIpc) is 2.58. The van der Waals surface area contributed by atoms with Crippen LogP contribution in [0, 0.1) is 0 Å². The maximum absolute atomic E-state index is 12.3. The van der Waals surface area contributed by atoms with Crippen LogP contribution in [0.15, 0.2) is 24.3 Å². The molecule has 2 atom stereocenters. The molecule has 0 radical (unpaired) electrons. The van der Waals surface area contributed by atoms with E-state index in [1.54, 1.807) is 7.11 Å². The first-order valence-electron chi connectivity index (χ1n) is 9.12. The summed E-state index contributed by atoms with van der Waals surface area (Å²) in [7, 11) is 1.73. The molecular formula is C20H32N2O3. The number of rotatable bonds is 5. The molecule has 1 aliphatic rings. The maximum Gasteiger partial charge on any atom is 0.317 e. The van der Waals surface area contributed by atoms with Crippen LogP contribution in [-0.4, -0.2) is 49.9 Å². The van der Waals surface area contributed by atoms with E-state index in [4.69, 9.17) is 9.47 Å². The summed E-state index contributed by atoms with van der Waals surface area (Å²) in [5.74, 6) is 0.830. The Morgan fingerprint density at radius 1 is 1.28 bits per heavy atom. The number of urea groups is 1. The molecule has 140 valence electrons. The molecule has 0 bridgehead atoms. The van der Waals surface area contributed by atoms with Crippen LogP contribution in [0.1, 0.15) is 46.1 Å². The number of benzene rings is 1. The molecule has 0 spiro atoms. The minimum absolute atomic E-state index is 0.0197. The maximum atomic E-state index is 12.3. The molecule has 0 aliphatic carbocycles. The molecule has 1 aliphatic heterocycles. The number of carbonyl (C=O) groups is 1. The summed E-state index contributed by atoms with van der Waals surface area (Å²) in [6.07, 6.45) is 2.05. The van der Waals surface area contributed by atoms with Crippen LogP contribution < -0.4 is 10.1 Å². The van der Waals surface area contributed by atoms with Crippen LogP contribution in [0.3, 0.4) is 0 Å². The van der Waals surface area contributed by atoms with Crippen molar-refractivity contribution in [1.29, 1.82) is 0 Å². The Labute approximate surface area is 151 Å². The van der Waals surface area contributed by atoms with Crippen molar-refractivity contribution in [1.82, 2.24) is 10.2 Å². The highest BCUT2D eigenvalue weighted by Crippen LogP contribution is 2.24. The summed E-state index contributed by atoms with van der Waals surface area (Å²) in [6.45, 7) is 10.3. The Kier molecular flexibility index (Phi) is 6.71. The molecule has 5 heteroatoms. The van der Waals surface area contributed by atoms with E-state index in [0.29, 0.717) is 13.2 Å². The fourth-order valence-electron chi connectivity index (χ4n) is 3.12. The lowest BCUT2D eigenvalue weighted by molar-refractivity contribution is 0.0292. The summed E-state index contributed by atoms with van der Waals surface area (Å²) in [5, 5.41) is 2.94. The van der Waals surface area contributed by atoms with Gasteiger partial charge in [-0.15, -0.1) is 0 Å². The quantitative estimate of drug-likeness (QED) is 0.828. The first-order valence-corrected chi connectivity index (χ1v) is 9.12. The van der Waals surface area contributed by atoms with Gasteiger partial charge < -0.3 is 19.7 Å². The summed E-state index contributed by atoms with van der Waals surface area (Å²) in [6, 6.07) is 8.34. The highest BCUT2D eigenvalue weighted by molar-refractivity contribution is 5.74. The number of hydrogen-bond acceptors (Lipinski definition) is 3. The van der Waals surface area contributed by atoms with Crippen molar-refractivity contribution in [2.45, 2.75) is 58.1 Å². The van der Waals surface area contributed by atoms with Gasteiger partial charge in [-0.3, -0.25) is 0 Å². The van der Waals surface area contributed by atoms with E-state index in [-0.39, 0.29) is 23.6 Å². The molecule has 2 amide bonds. The Bertz CT molecular complexity index is 551. The van der Waals surface area contributed by atoms with Crippen molar-refractivity contribution in [2.75, 3.05) is 26.8 Å². The number of piperidine rings is 1. The average molecular weight is 348 g/mol.